The van der Waals surface area contributed by atoms with Crippen molar-refractivity contribution in [1.82, 2.24) is 3.97 Å². The number of rotatable bonds is 2. The molecule has 0 radical (unpaired) electrons. The molecular weight excluding hydrogens is 282 g/mol. The Morgan fingerprint density at radius 2 is 1.71 bits per heavy atom. The third kappa shape index (κ3) is 2.12. The van der Waals surface area contributed by atoms with Crippen molar-refractivity contribution in [2.24, 2.45) is 0 Å². The Bertz CT molecular complexity index is 958. The minimum Gasteiger partial charge on any atom is -0.240 e. The molecule has 0 spiro atoms. The standard InChI is InChI=1S/C17H13NO2S/c1-3-14-12-18(17-7-5-4-6-16(14)17)21(19,20)15-10-8-13(2)9-11-15/h1,4-12H,2H3. The summed E-state index contributed by atoms with van der Waals surface area (Å²) in [6.45, 7) is 1.91. The molecule has 0 fully saturated rings. The van der Waals surface area contributed by atoms with E-state index in [4.69, 9.17) is 6.42 Å². The highest BCUT2D eigenvalue weighted by molar-refractivity contribution is 7.90. The molecule has 0 saturated heterocycles. The summed E-state index contributed by atoms with van der Waals surface area (Å²) in [5.41, 5.74) is 2.17. The van der Waals surface area contributed by atoms with Gasteiger partial charge >= 0.3 is 0 Å². The highest BCUT2D eigenvalue weighted by Gasteiger charge is 2.20. The third-order valence-electron chi connectivity index (χ3n) is 3.41. The highest BCUT2D eigenvalue weighted by Crippen LogP contribution is 2.25. The number of hydrogen-bond acceptors (Lipinski definition) is 2. The SMILES string of the molecule is C#Cc1cn(S(=O)(=O)c2ccc(C)cc2)c2ccccc12. The van der Waals surface area contributed by atoms with Gasteiger partial charge in [-0.3, -0.25) is 0 Å². The number of benzene rings is 2. The maximum atomic E-state index is 12.8. The third-order valence-corrected chi connectivity index (χ3v) is 5.10. The van der Waals surface area contributed by atoms with E-state index >= 15 is 0 Å². The van der Waals surface area contributed by atoms with Crippen LogP contribution in [0.5, 0.6) is 0 Å². The molecule has 1 aromatic heterocycles. The van der Waals surface area contributed by atoms with Gasteiger partial charge in [0, 0.05) is 11.6 Å². The molecule has 21 heavy (non-hydrogen) atoms. The van der Waals surface area contributed by atoms with Gasteiger partial charge in [0.25, 0.3) is 10.0 Å². The van der Waals surface area contributed by atoms with Crippen LogP contribution in [0.4, 0.5) is 0 Å². The molecule has 0 N–H and O–H groups in total. The summed E-state index contributed by atoms with van der Waals surface area (Å²) in [6, 6.07) is 14.0. The van der Waals surface area contributed by atoms with Gasteiger partial charge in [0.05, 0.1) is 16.0 Å². The van der Waals surface area contributed by atoms with Crippen molar-refractivity contribution in [2.45, 2.75) is 11.8 Å². The average molecular weight is 295 g/mol. The van der Waals surface area contributed by atoms with Crippen molar-refractivity contribution in [1.29, 1.82) is 0 Å². The monoisotopic (exact) mass is 295 g/mol. The van der Waals surface area contributed by atoms with Crippen LogP contribution in [-0.4, -0.2) is 12.4 Å². The number of terminal acetylenes is 1. The summed E-state index contributed by atoms with van der Waals surface area (Å²) >= 11 is 0. The maximum Gasteiger partial charge on any atom is 0.268 e. The quantitative estimate of drug-likeness (QED) is 0.681. The minimum absolute atomic E-state index is 0.248. The summed E-state index contributed by atoms with van der Waals surface area (Å²) in [5.74, 6) is 2.54. The number of fused-ring (bicyclic) bond motifs is 1. The van der Waals surface area contributed by atoms with Crippen LogP contribution in [0.25, 0.3) is 10.9 Å². The molecule has 104 valence electrons. The van der Waals surface area contributed by atoms with Crippen LogP contribution >= 0.6 is 0 Å². The Labute approximate surface area is 123 Å². The fraction of sp³-hybridized carbons (Fsp3) is 0.0588. The molecule has 1 heterocycles. The van der Waals surface area contributed by atoms with E-state index in [2.05, 4.69) is 5.92 Å². The van der Waals surface area contributed by atoms with Crippen LogP contribution in [0.3, 0.4) is 0 Å². The Morgan fingerprint density at radius 1 is 1.05 bits per heavy atom. The lowest BCUT2D eigenvalue weighted by Crippen LogP contribution is -2.11. The number of hydrogen-bond donors (Lipinski definition) is 0. The number of nitrogens with zero attached hydrogens (tertiary/aromatic N) is 1. The molecule has 0 saturated carbocycles. The van der Waals surface area contributed by atoms with Crippen molar-refractivity contribution in [3.05, 3.63) is 65.9 Å². The Hall–Kier alpha value is -2.51. The second-order valence-corrected chi connectivity index (χ2v) is 6.63. The molecule has 0 unspecified atom stereocenters. The average Bonchev–Trinajstić information content (AvgIpc) is 2.87. The van der Waals surface area contributed by atoms with Gasteiger partial charge < -0.3 is 0 Å². The molecule has 3 rings (SSSR count). The van der Waals surface area contributed by atoms with Gasteiger partial charge in [-0.2, -0.15) is 0 Å². The summed E-state index contributed by atoms with van der Waals surface area (Å²) in [5, 5.41) is 0.760. The fourth-order valence-corrected chi connectivity index (χ4v) is 3.66. The van der Waals surface area contributed by atoms with Crippen LogP contribution < -0.4 is 0 Å². The fourth-order valence-electron chi connectivity index (χ4n) is 2.29. The summed E-state index contributed by atoms with van der Waals surface area (Å²) in [6.07, 6.45) is 6.97. The first-order valence-electron chi connectivity index (χ1n) is 6.43. The Kier molecular flexibility index (Phi) is 3.08. The van der Waals surface area contributed by atoms with Gasteiger partial charge in [0.15, 0.2) is 0 Å². The first kappa shape index (κ1) is 13.5. The van der Waals surface area contributed by atoms with Gasteiger partial charge in [-0.15, -0.1) is 6.42 Å². The molecule has 0 atom stereocenters. The van der Waals surface area contributed by atoms with Crippen molar-refractivity contribution in [3.8, 4) is 12.3 Å². The topological polar surface area (TPSA) is 39.1 Å². The van der Waals surface area contributed by atoms with E-state index in [1.165, 1.54) is 10.2 Å². The molecule has 3 nitrogen and oxygen atoms in total. The van der Waals surface area contributed by atoms with E-state index in [0.717, 1.165) is 10.9 Å². The van der Waals surface area contributed by atoms with E-state index in [9.17, 15) is 8.42 Å². The molecule has 0 aliphatic carbocycles. The minimum atomic E-state index is -3.65. The lowest BCUT2D eigenvalue weighted by atomic mass is 10.2. The highest BCUT2D eigenvalue weighted by atomic mass is 32.2. The zero-order valence-electron chi connectivity index (χ0n) is 11.4. The predicted molar refractivity (Wildman–Crippen MR) is 83.6 cm³/mol. The number of aryl methyl sites for hydroxylation is 1. The van der Waals surface area contributed by atoms with Crippen LogP contribution in [-0.2, 0) is 10.0 Å². The zero-order valence-corrected chi connectivity index (χ0v) is 12.3. The van der Waals surface area contributed by atoms with Crippen LogP contribution in [0.1, 0.15) is 11.1 Å². The van der Waals surface area contributed by atoms with E-state index < -0.39 is 10.0 Å². The van der Waals surface area contributed by atoms with Crippen LogP contribution in [0.2, 0.25) is 0 Å². The molecule has 0 aliphatic rings. The lowest BCUT2D eigenvalue weighted by molar-refractivity contribution is 0.589. The van der Waals surface area contributed by atoms with Crippen LogP contribution in [0.15, 0.2) is 59.6 Å². The predicted octanol–water partition coefficient (Wildman–Crippen LogP) is 3.17. The second kappa shape index (κ2) is 4.80. The van der Waals surface area contributed by atoms with E-state index in [-0.39, 0.29) is 4.90 Å². The zero-order chi connectivity index (χ0) is 15.0. The van der Waals surface area contributed by atoms with Gasteiger partial charge in [-0.05, 0) is 25.1 Å². The molecule has 0 bridgehead atoms. The van der Waals surface area contributed by atoms with Crippen molar-refractivity contribution in [2.75, 3.05) is 0 Å². The number of para-hydroxylation sites is 1. The normalized spacial score (nSPS) is 11.4. The van der Waals surface area contributed by atoms with Crippen molar-refractivity contribution >= 4 is 20.9 Å². The van der Waals surface area contributed by atoms with Gasteiger partial charge in [0.2, 0.25) is 0 Å². The van der Waals surface area contributed by atoms with E-state index in [1.807, 2.05) is 19.1 Å². The van der Waals surface area contributed by atoms with Crippen LogP contribution in [0, 0.1) is 19.3 Å². The lowest BCUT2D eigenvalue weighted by Gasteiger charge is -2.07. The number of aromatic nitrogens is 1. The second-order valence-electron chi connectivity index (χ2n) is 4.82. The molecule has 3 aromatic rings. The largest absolute Gasteiger partial charge is 0.268 e. The van der Waals surface area contributed by atoms with Gasteiger partial charge in [-0.1, -0.05) is 41.8 Å². The van der Waals surface area contributed by atoms with E-state index in [1.54, 1.807) is 36.4 Å². The summed E-state index contributed by atoms with van der Waals surface area (Å²) < 4.78 is 26.8. The maximum absolute atomic E-state index is 12.8. The summed E-state index contributed by atoms with van der Waals surface area (Å²) in [4.78, 5) is 0.248. The van der Waals surface area contributed by atoms with Gasteiger partial charge in [0.1, 0.15) is 0 Å². The smallest absolute Gasteiger partial charge is 0.240 e. The van der Waals surface area contributed by atoms with Crippen molar-refractivity contribution in [3.63, 3.8) is 0 Å². The first-order chi connectivity index (χ1) is 10.0. The van der Waals surface area contributed by atoms with E-state index in [0.29, 0.717) is 11.1 Å². The molecule has 2 aromatic carbocycles. The molecule has 0 amide bonds. The van der Waals surface area contributed by atoms with Gasteiger partial charge in [-0.25, -0.2) is 12.4 Å². The molecular formula is C17H13NO2S. The molecule has 0 aliphatic heterocycles. The molecule has 4 heteroatoms. The Morgan fingerprint density at radius 3 is 2.38 bits per heavy atom. The first-order valence-corrected chi connectivity index (χ1v) is 7.87. The summed E-state index contributed by atoms with van der Waals surface area (Å²) in [7, 11) is -3.65. The Balaban J connectivity index is 2.30. The van der Waals surface area contributed by atoms with Crippen molar-refractivity contribution < 1.29 is 8.42 Å².